The summed E-state index contributed by atoms with van der Waals surface area (Å²) in [5.41, 5.74) is 0. The number of hydrogen-bond acceptors (Lipinski definition) is 1. The van der Waals surface area contributed by atoms with Crippen LogP contribution in [0.1, 0.15) is 0 Å². The summed E-state index contributed by atoms with van der Waals surface area (Å²) >= 11 is 0. The Kier molecular flexibility index (Phi) is 7560. The second-order valence-electron chi connectivity index (χ2n) is 0. The molecule has 0 aliphatic heterocycles. The summed E-state index contributed by atoms with van der Waals surface area (Å²) in [6.45, 7) is 0. The second-order valence-corrected chi connectivity index (χ2v) is 0. The molecule has 7 heteroatoms. The summed E-state index contributed by atoms with van der Waals surface area (Å²) in [6.07, 6.45) is 0. The van der Waals surface area contributed by atoms with Gasteiger partial charge in [0.15, 0.2) is 0 Å². The molecule has 1 N–H and O–H groups in total. The fraction of sp³-hybridized carbons (Fsp3) is 0. The molecule has 7 heavy (non-hydrogen) atoms. The van der Waals surface area contributed by atoms with Crippen LogP contribution >= 0.6 is 0 Å². The molecule has 0 rings (SSSR count). The van der Waals surface area contributed by atoms with Crippen molar-refractivity contribution in [3.05, 3.63) is 0 Å². The Bertz CT molecular complexity index is 8.04. The molecule has 0 saturated carbocycles. The Balaban J connectivity index is 0. The van der Waals surface area contributed by atoms with Gasteiger partial charge in [0.05, 0.1) is 0 Å². The van der Waals surface area contributed by atoms with Gasteiger partial charge < -0.3 is 27.4 Å². The predicted molar refractivity (Wildman–Crippen MR) is 4.68 cm³/mol. The van der Waals surface area contributed by atoms with E-state index in [9.17, 15) is 0 Å². The molecule has 42 valence electrons. The van der Waals surface area contributed by atoms with Crippen LogP contribution in [0.15, 0.2) is 0 Å². The van der Waals surface area contributed by atoms with Crippen LogP contribution < -0.4 is 0 Å². The van der Waals surface area contributed by atoms with E-state index < -0.39 is 0 Å². The maximum absolute atomic E-state index is 0. The summed E-state index contributed by atoms with van der Waals surface area (Å²) in [5, 5.41) is 0. The van der Waals surface area contributed by atoms with E-state index in [1.807, 2.05) is 0 Å². The molecular weight excluding hydrogens is 357 g/mol. The van der Waals surface area contributed by atoms with E-state index in [1.165, 1.54) is 0 Å². The summed E-state index contributed by atoms with van der Waals surface area (Å²) in [6, 6.07) is 0. The Morgan fingerprint density at radius 2 is 0.571 bits per heavy atom. The molecule has 0 heterocycles. The number of hydrogen-bond donors (Lipinski definition) is 0. The molecule has 0 bridgehead atoms. The molecule has 0 aromatic rings. The van der Waals surface area contributed by atoms with E-state index in [2.05, 4.69) is 0 Å². The zero-order valence-corrected chi connectivity index (χ0v) is 8.16. The molecule has 0 aromatic carbocycles. The summed E-state index contributed by atoms with van der Waals surface area (Å²) in [4.78, 5) is 0. The molecule has 0 atom stereocenters. The second kappa shape index (κ2) is 186. The van der Waals surface area contributed by atoms with Gasteiger partial charge in [-0.15, -0.1) is 0 Å². The molecule has 0 unspecified atom stereocenters. The largest absolute Gasteiger partial charge is 5.00 e. The first-order chi connectivity index (χ1) is 0. The Morgan fingerprint density at radius 3 is 0.571 bits per heavy atom. The third kappa shape index (κ3) is 131. The van der Waals surface area contributed by atoms with Crippen molar-refractivity contribution in [1.82, 2.24) is 0 Å². The Morgan fingerprint density at radius 1 is 0.571 bits per heavy atom. The maximum atomic E-state index is 0. The smallest absolute Gasteiger partial charge is 2.00 e. The predicted octanol–water partition coefficient (Wildman–Crippen LogP) is -0.657. The monoisotopic (exact) mass is 360 g/mol. The van der Waals surface area contributed by atoms with Gasteiger partial charge in [-0.3, -0.25) is 0 Å². The average molecular weight is 358 g/mol. The number of rotatable bonds is 0. The molecule has 5 nitrogen and oxygen atoms in total. The minimum absolute atomic E-state index is 0. The van der Waals surface area contributed by atoms with Gasteiger partial charge in [0.25, 0.3) is 0 Å². The van der Waals surface area contributed by atoms with E-state index >= 15 is 0 Å². The van der Waals surface area contributed by atoms with Crippen molar-refractivity contribution < 1.29 is 70.8 Å². The van der Waals surface area contributed by atoms with Gasteiger partial charge in [0.1, 0.15) is 0 Å². The minimum Gasteiger partial charge on any atom is -2.00 e. The molecule has 0 radical (unpaired) electrons. The Hall–Kier alpha value is 1.23. The summed E-state index contributed by atoms with van der Waals surface area (Å²) in [5.74, 6) is 0. The standard InChI is InChI=1S/Mo.H2O.4O.Ta/h;1H2;;;;;/q+4;;4*-2;+5/p-1. The van der Waals surface area contributed by atoms with E-state index in [4.69, 9.17) is 0 Å². The van der Waals surface area contributed by atoms with Gasteiger partial charge >= 0.3 is 43.4 Å². The SMILES string of the molecule is [Mo+4].[O-2].[O-2].[O-2].[O-2].[OH-].[Ta+5]. The van der Waals surface area contributed by atoms with Gasteiger partial charge in [0.2, 0.25) is 0 Å². The van der Waals surface area contributed by atoms with E-state index in [1.54, 1.807) is 0 Å². The van der Waals surface area contributed by atoms with Crippen molar-refractivity contribution in [2.24, 2.45) is 0 Å². The zero-order valence-electron chi connectivity index (χ0n) is 2.94. The summed E-state index contributed by atoms with van der Waals surface area (Å²) in [7, 11) is 0. The topological polar surface area (TPSA) is 144 Å². The van der Waals surface area contributed by atoms with Gasteiger partial charge in [-0.25, -0.2) is 0 Å². The van der Waals surface area contributed by atoms with E-state index in [0.29, 0.717) is 0 Å². The molecule has 0 aromatic heterocycles. The van der Waals surface area contributed by atoms with Crippen molar-refractivity contribution >= 4 is 0 Å². The first kappa shape index (κ1) is 285. The van der Waals surface area contributed by atoms with Crippen molar-refractivity contribution in [3.63, 3.8) is 0 Å². The van der Waals surface area contributed by atoms with E-state index in [-0.39, 0.29) is 70.8 Å². The molecule has 0 saturated heterocycles. The summed E-state index contributed by atoms with van der Waals surface area (Å²) < 4.78 is 0. The fourth-order valence-corrected chi connectivity index (χ4v) is 0. The normalized spacial score (nSPS) is 0. The third-order valence-corrected chi connectivity index (χ3v) is 0. The van der Waals surface area contributed by atoms with Gasteiger partial charge in [-0.05, 0) is 0 Å². The van der Waals surface area contributed by atoms with Crippen LogP contribution in [0.5, 0.6) is 0 Å². The average Bonchev–Trinajstić information content (AvgIpc) is 0. The van der Waals surface area contributed by atoms with Crippen LogP contribution in [0.2, 0.25) is 0 Å². The van der Waals surface area contributed by atoms with Crippen molar-refractivity contribution in [1.29, 1.82) is 0 Å². The van der Waals surface area contributed by atoms with Crippen LogP contribution in [-0.2, 0) is 65.4 Å². The zero-order chi connectivity index (χ0) is 0. The van der Waals surface area contributed by atoms with Crippen LogP contribution in [0, 0.1) is 0 Å². The molecular formula is HMoO5Ta. The quantitative estimate of drug-likeness (QED) is 0.521. The van der Waals surface area contributed by atoms with Gasteiger partial charge in [0, 0.05) is 0 Å². The van der Waals surface area contributed by atoms with Crippen LogP contribution in [0.25, 0.3) is 0 Å². The van der Waals surface area contributed by atoms with Gasteiger partial charge in [-0.1, -0.05) is 0 Å². The van der Waals surface area contributed by atoms with Crippen LogP contribution in [0.3, 0.4) is 0 Å². The van der Waals surface area contributed by atoms with E-state index in [0.717, 1.165) is 0 Å². The minimum atomic E-state index is 0. The maximum Gasteiger partial charge on any atom is 5.00 e. The third-order valence-electron chi connectivity index (χ3n) is 0. The molecule has 0 fully saturated rings. The van der Waals surface area contributed by atoms with Crippen molar-refractivity contribution in [3.8, 4) is 0 Å². The molecule has 0 aliphatic rings. The fourth-order valence-electron chi connectivity index (χ4n) is 0. The molecule has 0 spiro atoms. The Labute approximate surface area is 70.8 Å². The van der Waals surface area contributed by atoms with Crippen LogP contribution in [-0.4, -0.2) is 5.48 Å². The van der Waals surface area contributed by atoms with Gasteiger partial charge in [-0.2, -0.15) is 0 Å². The van der Waals surface area contributed by atoms with Crippen LogP contribution in [0.4, 0.5) is 0 Å². The first-order valence-electron chi connectivity index (χ1n) is 0. The van der Waals surface area contributed by atoms with Crippen molar-refractivity contribution in [2.45, 2.75) is 0 Å². The molecule has 0 aliphatic carbocycles. The van der Waals surface area contributed by atoms with Crippen molar-refractivity contribution in [2.75, 3.05) is 0 Å². The first-order valence-corrected chi connectivity index (χ1v) is 0. The molecule has 0 amide bonds.